The maximum atomic E-state index is 13.4. The van der Waals surface area contributed by atoms with Crippen LogP contribution in [0.25, 0.3) is 0 Å². The van der Waals surface area contributed by atoms with Gasteiger partial charge in [-0.2, -0.15) is 0 Å². The van der Waals surface area contributed by atoms with Crippen LogP contribution in [0.15, 0.2) is 36.4 Å². The second kappa shape index (κ2) is 7.63. The molecule has 0 fully saturated rings. The van der Waals surface area contributed by atoms with E-state index in [1.807, 2.05) is 0 Å². The minimum atomic E-state index is -1.01. The number of carbonyl (C=O) groups is 2. The monoisotopic (exact) mass is 336 g/mol. The molecule has 0 spiro atoms. The fourth-order valence-corrected chi connectivity index (χ4v) is 1.94. The Morgan fingerprint density at radius 3 is 2.38 bits per heavy atom. The first kappa shape index (κ1) is 17.5. The zero-order valence-corrected chi connectivity index (χ0v) is 12.8. The van der Waals surface area contributed by atoms with Crippen LogP contribution < -0.4 is 10.6 Å². The third kappa shape index (κ3) is 4.58. The lowest BCUT2D eigenvalue weighted by Crippen LogP contribution is -2.36. The molecule has 24 heavy (non-hydrogen) atoms. The van der Waals surface area contributed by atoms with Gasteiger partial charge in [0.2, 0.25) is 5.91 Å². The highest BCUT2D eigenvalue weighted by atomic mass is 19.1. The van der Waals surface area contributed by atoms with Crippen LogP contribution in [-0.4, -0.2) is 18.4 Å². The van der Waals surface area contributed by atoms with Crippen LogP contribution in [0, 0.1) is 24.4 Å². The third-order valence-electron chi connectivity index (χ3n) is 3.31. The molecular formula is C17H15F3N2O2. The van der Waals surface area contributed by atoms with E-state index >= 15 is 0 Å². The van der Waals surface area contributed by atoms with Gasteiger partial charge in [-0.25, -0.2) is 13.2 Å². The van der Waals surface area contributed by atoms with Crippen molar-refractivity contribution in [3.8, 4) is 0 Å². The molecule has 2 aromatic carbocycles. The Balaban J connectivity index is 1.84. The SMILES string of the molecule is Cc1ccc(CNC(=O)CNC(=O)c2ccc(F)cc2F)cc1F. The molecule has 126 valence electrons. The summed E-state index contributed by atoms with van der Waals surface area (Å²) in [5.41, 5.74) is 0.714. The molecule has 0 aromatic heterocycles. The normalized spacial score (nSPS) is 10.3. The maximum absolute atomic E-state index is 13.4. The van der Waals surface area contributed by atoms with Gasteiger partial charge in [0.1, 0.15) is 17.5 Å². The van der Waals surface area contributed by atoms with E-state index in [0.29, 0.717) is 17.2 Å². The molecule has 0 radical (unpaired) electrons. The van der Waals surface area contributed by atoms with Gasteiger partial charge >= 0.3 is 0 Å². The smallest absolute Gasteiger partial charge is 0.254 e. The van der Waals surface area contributed by atoms with E-state index in [1.165, 1.54) is 6.07 Å². The summed E-state index contributed by atoms with van der Waals surface area (Å²) < 4.78 is 39.6. The summed E-state index contributed by atoms with van der Waals surface area (Å²) in [6.45, 7) is 1.34. The van der Waals surface area contributed by atoms with Crippen LogP contribution in [0.1, 0.15) is 21.5 Å². The van der Waals surface area contributed by atoms with E-state index in [2.05, 4.69) is 10.6 Å². The molecule has 0 aliphatic heterocycles. The molecule has 0 bridgehead atoms. The Bertz CT molecular complexity index is 778. The lowest BCUT2D eigenvalue weighted by molar-refractivity contribution is -0.120. The lowest BCUT2D eigenvalue weighted by Gasteiger charge is -2.08. The number of hydrogen-bond acceptors (Lipinski definition) is 2. The molecule has 4 nitrogen and oxygen atoms in total. The Kier molecular flexibility index (Phi) is 5.57. The van der Waals surface area contributed by atoms with E-state index in [0.717, 1.165) is 12.1 Å². The molecule has 0 aliphatic carbocycles. The number of halogens is 3. The van der Waals surface area contributed by atoms with Gasteiger partial charge < -0.3 is 10.6 Å². The number of carbonyl (C=O) groups excluding carboxylic acids is 2. The van der Waals surface area contributed by atoms with Gasteiger partial charge in [-0.1, -0.05) is 12.1 Å². The van der Waals surface area contributed by atoms with Gasteiger partial charge in [-0.15, -0.1) is 0 Å². The van der Waals surface area contributed by atoms with Crippen molar-refractivity contribution < 1.29 is 22.8 Å². The summed E-state index contributed by atoms with van der Waals surface area (Å²) in [6.07, 6.45) is 0. The largest absolute Gasteiger partial charge is 0.350 e. The van der Waals surface area contributed by atoms with Gasteiger partial charge in [0, 0.05) is 12.6 Å². The molecule has 2 rings (SSSR count). The summed E-state index contributed by atoms with van der Waals surface area (Å²) in [6, 6.07) is 7.10. The van der Waals surface area contributed by atoms with Crippen LogP contribution in [0.5, 0.6) is 0 Å². The Labute approximate surface area is 136 Å². The quantitative estimate of drug-likeness (QED) is 0.881. The van der Waals surface area contributed by atoms with Crippen molar-refractivity contribution in [3.63, 3.8) is 0 Å². The van der Waals surface area contributed by atoms with Gasteiger partial charge in [0.25, 0.3) is 5.91 Å². The fourth-order valence-electron chi connectivity index (χ4n) is 1.94. The van der Waals surface area contributed by atoms with Crippen molar-refractivity contribution in [1.29, 1.82) is 0 Å². The molecule has 7 heteroatoms. The van der Waals surface area contributed by atoms with Gasteiger partial charge in [0.05, 0.1) is 12.1 Å². The van der Waals surface area contributed by atoms with Crippen molar-refractivity contribution in [3.05, 3.63) is 70.5 Å². The molecular weight excluding hydrogens is 321 g/mol. The Morgan fingerprint density at radius 2 is 1.71 bits per heavy atom. The van der Waals surface area contributed by atoms with Crippen molar-refractivity contribution >= 4 is 11.8 Å². The second-order valence-corrected chi connectivity index (χ2v) is 5.17. The third-order valence-corrected chi connectivity index (χ3v) is 3.31. The number of aryl methyl sites for hydroxylation is 1. The minimum absolute atomic E-state index is 0.0941. The zero-order chi connectivity index (χ0) is 17.7. The van der Waals surface area contributed by atoms with E-state index < -0.39 is 23.4 Å². The van der Waals surface area contributed by atoms with Crippen LogP contribution in [0.3, 0.4) is 0 Å². The van der Waals surface area contributed by atoms with Gasteiger partial charge in [0.15, 0.2) is 0 Å². The van der Waals surface area contributed by atoms with E-state index in [4.69, 9.17) is 0 Å². The van der Waals surface area contributed by atoms with Crippen LogP contribution in [0.2, 0.25) is 0 Å². The zero-order valence-electron chi connectivity index (χ0n) is 12.8. The first-order valence-corrected chi connectivity index (χ1v) is 7.12. The van der Waals surface area contributed by atoms with Crippen molar-refractivity contribution in [2.45, 2.75) is 13.5 Å². The van der Waals surface area contributed by atoms with Crippen LogP contribution in [-0.2, 0) is 11.3 Å². The first-order valence-electron chi connectivity index (χ1n) is 7.12. The van der Waals surface area contributed by atoms with Gasteiger partial charge in [-0.3, -0.25) is 9.59 Å². The van der Waals surface area contributed by atoms with E-state index in [-0.39, 0.29) is 24.5 Å². The second-order valence-electron chi connectivity index (χ2n) is 5.17. The highest BCUT2D eigenvalue weighted by Crippen LogP contribution is 2.10. The van der Waals surface area contributed by atoms with E-state index in [1.54, 1.807) is 19.1 Å². The Hall–Kier alpha value is -2.83. The van der Waals surface area contributed by atoms with Crippen molar-refractivity contribution in [2.75, 3.05) is 6.54 Å². The summed E-state index contributed by atoms with van der Waals surface area (Å²) in [7, 11) is 0. The predicted molar refractivity (Wildman–Crippen MR) is 81.7 cm³/mol. The molecule has 2 N–H and O–H groups in total. The number of nitrogens with one attached hydrogen (secondary N) is 2. The molecule has 0 heterocycles. The highest BCUT2D eigenvalue weighted by molar-refractivity contribution is 5.96. The summed E-state index contributed by atoms with van der Waals surface area (Å²) >= 11 is 0. The standard InChI is InChI=1S/C17H15F3N2O2/c1-10-2-3-11(6-14(10)19)8-21-16(23)9-22-17(24)13-5-4-12(18)7-15(13)20/h2-7H,8-9H2,1H3,(H,21,23)(H,22,24). The summed E-state index contributed by atoms with van der Waals surface area (Å²) in [5, 5.41) is 4.73. The highest BCUT2D eigenvalue weighted by Gasteiger charge is 2.13. The topological polar surface area (TPSA) is 58.2 Å². The lowest BCUT2D eigenvalue weighted by atomic mass is 10.1. The summed E-state index contributed by atoms with van der Waals surface area (Å²) in [5.74, 6) is -3.53. The Morgan fingerprint density at radius 1 is 0.958 bits per heavy atom. The average molecular weight is 336 g/mol. The van der Waals surface area contributed by atoms with Crippen molar-refractivity contribution in [2.24, 2.45) is 0 Å². The van der Waals surface area contributed by atoms with Crippen LogP contribution in [0.4, 0.5) is 13.2 Å². The molecule has 2 aromatic rings. The molecule has 0 saturated heterocycles. The average Bonchev–Trinajstić information content (AvgIpc) is 2.53. The number of hydrogen-bond donors (Lipinski definition) is 2. The predicted octanol–water partition coefficient (Wildman–Crippen LogP) is 2.46. The first-order chi connectivity index (χ1) is 11.4. The number of amides is 2. The molecule has 0 saturated carbocycles. The molecule has 2 amide bonds. The van der Waals surface area contributed by atoms with Gasteiger partial charge in [-0.05, 0) is 36.2 Å². The molecule has 0 atom stereocenters. The van der Waals surface area contributed by atoms with E-state index in [9.17, 15) is 22.8 Å². The summed E-state index contributed by atoms with van der Waals surface area (Å²) in [4.78, 5) is 23.4. The molecule has 0 unspecified atom stereocenters. The van der Waals surface area contributed by atoms with Crippen molar-refractivity contribution in [1.82, 2.24) is 10.6 Å². The number of rotatable bonds is 5. The minimum Gasteiger partial charge on any atom is -0.350 e. The maximum Gasteiger partial charge on any atom is 0.254 e. The molecule has 0 aliphatic rings. The number of benzene rings is 2. The van der Waals surface area contributed by atoms with Crippen LogP contribution >= 0.6 is 0 Å². The fraction of sp³-hybridized carbons (Fsp3) is 0.176.